The Hall–Kier alpha value is -1.57. The van der Waals surface area contributed by atoms with Crippen LogP contribution in [0.4, 0.5) is 0 Å². The lowest BCUT2D eigenvalue weighted by atomic mass is 10.00. The van der Waals surface area contributed by atoms with Gasteiger partial charge < -0.3 is 5.11 Å². The van der Waals surface area contributed by atoms with Crippen molar-refractivity contribution < 1.29 is 9.90 Å². The van der Waals surface area contributed by atoms with Gasteiger partial charge in [-0.15, -0.1) is 0 Å². The predicted molar refractivity (Wildman–Crippen MR) is 55.4 cm³/mol. The van der Waals surface area contributed by atoms with Crippen LogP contribution in [0.25, 0.3) is 5.57 Å². The maximum absolute atomic E-state index is 11.8. The minimum absolute atomic E-state index is 0.0429. The van der Waals surface area contributed by atoms with E-state index in [9.17, 15) is 9.90 Å². The van der Waals surface area contributed by atoms with Gasteiger partial charge in [-0.3, -0.25) is 4.79 Å². The van der Waals surface area contributed by atoms with Gasteiger partial charge in [-0.1, -0.05) is 6.07 Å². The first-order chi connectivity index (χ1) is 6.54. The predicted octanol–water partition coefficient (Wildman–Crippen LogP) is 2.69. The van der Waals surface area contributed by atoms with E-state index in [1.807, 2.05) is 19.9 Å². The van der Waals surface area contributed by atoms with E-state index in [1.54, 1.807) is 13.0 Å². The molecule has 1 aromatic rings. The summed E-state index contributed by atoms with van der Waals surface area (Å²) in [4.78, 5) is 11.8. The molecule has 0 spiro atoms. The third-order valence-corrected chi connectivity index (χ3v) is 2.90. The van der Waals surface area contributed by atoms with Crippen molar-refractivity contribution in [1.82, 2.24) is 0 Å². The van der Waals surface area contributed by atoms with Crippen molar-refractivity contribution in [3.63, 3.8) is 0 Å². The zero-order chi connectivity index (χ0) is 10.5. The fraction of sp³-hybridized carbons (Fsp3) is 0.250. The molecule has 0 bridgehead atoms. The normalized spacial score (nSPS) is 14.9. The van der Waals surface area contributed by atoms with Crippen LogP contribution in [0.2, 0.25) is 0 Å². The number of hydrogen-bond acceptors (Lipinski definition) is 2. The van der Waals surface area contributed by atoms with E-state index in [1.165, 1.54) is 0 Å². The molecule has 0 atom stereocenters. The van der Waals surface area contributed by atoms with Gasteiger partial charge >= 0.3 is 0 Å². The monoisotopic (exact) mass is 188 g/mol. The number of allylic oxidation sites excluding steroid dienone is 2. The number of aryl methyl sites for hydroxylation is 1. The number of fused-ring (bicyclic) bond motifs is 1. The van der Waals surface area contributed by atoms with Crippen molar-refractivity contribution in [2.45, 2.75) is 20.8 Å². The number of benzene rings is 1. The average molecular weight is 188 g/mol. The Morgan fingerprint density at radius 3 is 2.21 bits per heavy atom. The summed E-state index contributed by atoms with van der Waals surface area (Å²) in [5, 5.41) is 9.61. The second-order valence-corrected chi connectivity index (χ2v) is 3.73. The summed E-state index contributed by atoms with van der Waals surface area (Å²) in [6, 6.07) is 3.42. The van der Waals surface area contributed by atoms with E-state index in [2.05, 4.69) is 0 Å². The topological polar surface area (TPSA) is 37.3 Å². The van der Waals surface area contributed by atoms with Gasteiger partial charge in [0.25, 0.3) is 0 Å². The molecule has 1 aliphatic rings. The summed E-state index contributed by atoms with van der Waals surface area (Å²) in [5.41, 5.74) is 4.15. The number of phenolic OH excluding ortho intramolecular Hbond substituents is 1. The quantitative estimate of drug-likeness (QED) is 0.679. The number of aromatic hydroxyl groups is 1. The molecule has 1 N–H and O–H groups in total. The Kier molecular flexibility index (Phi) is 1.74. The molecule has 2 nitrogen and oxygen atoms in total. The third kappa shape index (κ3) is 0.939. The zero-order valence-corrected chi connectivity index (χ0v) is 8.51. The van der Waals surface area contributed by atoms with Crippen LogP contribution in [0.5, 0.6) is 5.75 Å². The average Bonchev–Trinajstić information content (AvgIpc) is 2.38. The Morgan fingerprint density at radius 2 is 1.64 bits per heavy atom. The van der Waals surface area contributed by atoms with Gasteiger partial charge in [-0.25, -0.2) is 0 Å². The molecule has 0 saturated carbocycles. The summed E-state index contributed by atoms with van der Waals surface area (Å²) < 4.78 is 0. The highest BCUT2D eigenvalue weighted by Crippen LogP contribution is 2.38. The van der Waals surface area contributed by atoms with Gasteiger partial charge in [-0.2, -0.15) is 0 Å². The van der Waals surface area contributed by atoms with Crippen molar-refractivity contribution >= 4 is 11.4 Å². The molecule has 0 heterocycles. The molecule has 0 aromatic heterocycles. The number of hydrogen-bond donors (Lipinski definition) is 1. The zero-order valence-electron chi connectivity index (χ0n) is 8.51. The molecule has 0 fully saturated rings. The van der Waals surface area contributed by atoms with Crippen LogP contribution in [0.3, 0.4) is 0 Å². The van der Waals surface area contributed by atoms with Crippen LogP contribution in [0, 0.1) is 6.92 Å². The molecule has 2 heteroatoms. The van der Waals surface area contributed by atoms with Crippen LogP contribution in [0.15, 0.2) is 17.7 Å². The molecular formula is C12H12O2. The van der Waals surface area contributed by atoms with E-state index >= 15 is 0 Å². The van der Waals surface area contributed by atoms with Crippen molar-refractivity contribution in [1.29, 1.82) is 0 Å². The highest BCUT2D eigenvalue weighted by Gasteiger charge is 2.28. The van der Waals surface area contributed by atoms with Gasteiger partial charge in [0, 0.05) is 5.57 Å². The number of phenols is 1. The van der Waals surface area contributed by atoms with E-state index in [-0.39, 0.29) is 11.5 Å². The Morgan fingerprint density at radius 1 is 1.00 bits per heavy atom. The molecular weight excluding hydrogens is 176 g/mol. The molecule has 0 aliphatic heterocycles. The molecule has 72 valence electrons. The van der Waals surface area contributed by atoms with Crippen molar-refractivity contribution in [2.75, 3.05) is 0 Å². The van der Waals surface area contributed by atoms with Gasteiger partial charge in [0.2, 0.25) is 0 Å². The van der Waals surface area contributed by atoms with Crippen LogP contribution in [-0.4, -0.2) is 10.9 Å². The van der Waals surface area contributed by atoms with Crippen LogP contribution in [-0.2, 0) is 0 Å². The fourth-order valence-electron chi connectivity index (χ4n) is 1.95. The highest BCUT2D eigenvalue weighted by atomic mass is 16.3. The molecule has 1 aromatic carbocycles. The molecule has 1 aliphatic carbocycles. The van der Waals surface area contributed by atoms with Gasteiger partial charge in [0.15, 0.2) is 5.78 Å². The first-order valence-corrected chi connectivity index (χ1v) is 4.59. The van der Waals surface area contributed by atoms with Crippen LogP contribution < -0.4 is 0 Å². The molecule has 0 unspecified atom stereocenters. The lowest BCUT2D eigenvalue weighted by Crippen LogP contribution is -1.97. The first kappa shape index (κ1) is 9.00. The second-order valence-electron chi connectivity index (χ2n) is 3.73. The molecule has 0 radical (unpaired) electrons. The molecule has 0 amide bonds. The van der Waals surface area contributed by atoms with Crippen molar-refractivity contribution in [2.24, 2.45) is 0 Å². The van der Waals surface area contributed by atoms with Crippen LogP contribution >= 0.6 is 0 Å². The Balaban J connectivity index is 2.85. The van der Waals surface area contributed by atoms with E-state index < -0.39 is 0 Å². The summed E-state index contributed by atoms with van der Waals surface area (Å²) >= 11 is 0. The summed E-state index contributed by atoms with van der Waals surface area (Å²) in [5.74, 6) is 0.0468. The molecule has 0 saturated heterocycles. The number of carbonyl (C=O) groups is 1. The standard InChI is InChI=1S/C12H12O2/c1-6-4-5-9(13)11-10(6)7(2)8(3)12(11)14/h4-5,13H,1-3H3. The highest BCUT2D eigenvalue weighted by molar-refractivity contribution is 6.21. The molecule has 2 rings (SSSR count). The number of ketones is 1. The lowest BCUT2D eigenvalue weighted by Gasteiger charge is -2.06. The first-order valence-electron chi connectivity index (χ1n) is 4.59. The van der Waals surface area contributed by atoms with E-state index in [0.29, 0.717) is 5.56 Å². The Labute approximate surface area is 82.9 Å². The van der Waals surface area contributed by atoms with Gasteiger partial charge in [0.1, 0.15) is 5.75 Å². The third-order valence-electron chi connectivity index (χ3n) is 2.90. The minimum atomic E-state index is -0.0429. The van der Waals surface area contributed by atoms with E-state index in [4.69, 9.17) is 0 Å². The summed E-state index contributed by atoms with van der Waals surface area (Å²) in [6.07, 6.45) is 0. The maximum atomic E-state index is 11.8. The van der Waals surface area contributed by atoms with E-state index in [0.717, 1.165) is 22.3 Å². The number of carbonyl (C=O) groups excluding carboxylic acids is 1. The lowest BCUT2D eigenvalue weighted by molar-refractivity contribution is 0.103. The van der Waals surface area contributed by atoms with Crippen molar-refractivity contribution in [3.8, 4) is 5.75 Å². The van der Waals surface area contributed by atoms with Gasteiger partial charge in [0.05, 0.1) is 5.56 Å². The smallest absolute Gasteiger partial charge is 0.193 e. The fourth-order valence-corrected chi connectivity index (χ4v) is 1.95. The van der Waals surface area contributed by atoms with Crippen molar-refractivity contribution in [3.05, 3.63) is 34.4 Å². The number of rotatable bonds is 0. The maximum Gasteiger partial charge on any atom is 0.193 e. The molecule has 14 heavy (non-hydrogen) atoms. The Bertz CT molecular complexity index is 467. The van der Waals surface area contributed by atoms with Gasteiger partial charge in [-0.05, 0) is 43.5 Å². The van der Waals surface area contributed by atoms with Crippen LogP contribution in [0.1, 0.15) is 35.3 Å². The SMILES string of the molecule is CC1=C(C)c2c(C)ccc(O)c2C1=O. The largest absolute Gasteiger partial charge is 0.507 e. The minimum Gasteiger partial charge on any atom is -0.507 e. The summed E-state index contributed by atoms with van der Waals surface area (Å²) in [6.45, 7) is 5.68. The second kappa shape index (κ2) is 2.71. The summed E-state index contributed by atoms with van der Waals surface area (Å²) in [7, 11) is 0. The number of Topliss-reactive ketones (excluding diaryl/α,β-unsaturated/α-hetero) is 1.